The summed E-state index contributed by atoms with van der Waals surface area (Å²) in [6.45, 7) is 3.55. The molecule has 1 saturated heterocycles. The summed E-state index contributed by atoms with van der Waals surface area (Å²) >= 11 is 0. The van der Waals surface area contributed by atoms with Gasteiger partial charge in [0.1, 0.15) is 0 Å². The minimum absolute atomic E-state index is 0. The van der Waals surface area contributed by atoms with Crippen LogP contribution in [-0.2, 0) is 0 Å². The predicted molar refractivity (Wildman–Crippen MR) is 99.2 cm³/mol. The van der Waals surface area contributed by atoms with Crippen molar-refractivity contribution in [1.82, 2.24) is 10.2 Å². The number of likely N-dealkylation sites (tertiary alicyclic amines) is 1. The zero-order valence-corrected chi connectivity index (χ0v) is 14.5. The summed E-state index contributed by atoms with van der Waals surface area (Å²) in [4.78, 5) is 2.70. The maximum Gasteiger partial charge on any atom is 0.0614 e. The summed E-state index contributed by atoms with van der Waals surface area (Å²) in [7, 11) is 2.07. The molecule has 1 unspecified atom stereocenters. The first-order valence-electron chi connectivity index (χ1n) is 8.45. The van der Waals surface area contributed by atoms with Gasteiger partial charge in [0, 0.05) is 6.54 Å². The van der Waals surface area contributed by atoms with Crippen molar-refractivity contribution >= 4 is 12.4 Å². The molecular weight excluding hydrogens is 304 g/mol. The fourth-order valence-electron chi connectivity index (χ4n) is 4.31. The molecule has 122 valence electrons. The van der Waals surface area contributed by atoms with Gasteiger partial charge in [-0.25, -0.2) is 0 Å². The molecule has 1 heterocycles. The Hall–Kier alpha value is -1.35. The first kappa shape index (κ1) is 16.5. The summed E-state index contributed by atoms with van der Waals surface area (Å²) in [6, 6.07) is 18.4. The number of benzene rings is 2. The Morgan fingerprint density at radius 2 is 1.61 bits per heavy atom. The molecule has 1 aliphatic carbocycles. The van der Waals surface area contributed by atoms with E-state index in [1.54, 1.807) is 0 Å². The van der Waals surface area contributed by atoms with Crippen LogP contribution in [0.1, 0.15) is 30.0 Å². The monoisotopic (exact) mass is 328 g/mol. The number of nitrogens with zero attached hydrogens (tertiary/aromatic N) is 1. The van der Waals surface area contributed by atoms with Gasteiger partial charge in [-0.15, -0.1) is 12.4 Å². The normalized spacial score (nSPS) is 20.7. The molecule has 23 heavy (non-hydrogen) atoms. The number of piperidine rings is 1. The molecule has 1 fully saturated rings. The molecule has 0 aromatic heterocycles. The molecule has 0 amide bonds. The molecule has 2 aliphatic rings. The van der Waals surface area contributed by atoms with E-state index in [4.69, 9.17) is 0 Å². The SMILES string of the molecule is CNCC1CCCN(C2c3ccccc3-c3ccccc32)C1.Cl. The Morgan fingerprint density at radius 3 is 2.22 bits per heavy atom. The van der Waals surface area contributed by atoms with Crippen molar-refractivity contribution in [2.75, 3.05) is 26.7 Å². The maximum atomic E-state index is 3.36. The van der Waals surface area contributed by atoms with Gasteiger partial charge in [-0.05, 0) is 61.2 Å². The lowest BCUT2D eigenvalue weighted by atomic mass is 9.94. The summed E-state index contributed by atoms with van der Waals surface area (Å²) in [5.74, 6) is 0.777. The fourth-order valence-corrected chi connectivity index (χ4v) is 4.31. The fraction of sp³-hybridized carbons (Fsp3) is 0.400. The molecule has 0 spiro atoms. The zero-order valence-electron chi connectivity index (χ0n) is 13.7. The van der Waals surface area contributed by atoms with Crippen molar-refractivity contribution in [3.8, 4) is 11.1 Å². The molecule has 0 bridgehead atoms. The Morgan fingerprint density at radius 1 is 1.00 bits per heavy atom. The Labute approximate surface area is 145 Å². The average Bonchev–Trinajstić information content (AvgIpc) is 2.90. The van der Waals surface area contributed by atoms with Gasteiger partial charge in [0.05, 0.1) is 6.04 Å². The van der Waals surface area contributed by atoms with Crippen LogP contribution in [0.4, 0.5) is 0 Å². The van der Waals surface area contributed by atoms with E-state index in [-0.39, 0.29) is 12.4 Å². The van der Waals surface area contributed by atoms with E-state index < -0.39 is 0 Å². The number of hydrogen-bond acceptors (Lipinski definition) is 2. The van der Waals surface area contributed by atoms with Crippen molar-refractivity contribution in [3.63, 3.8) is 0 Å². The molecule has 2 aromatic carbocycles. The van der Waals surface area contributed by atoms with E-state index in [1.807, 2.05) is 0 Å². The minimum Gasteiger partial charge on any atom is -0.319 e. The summed E-state index contributed by atoms with van der Waals surface area (Å²) < 4.78 is 0. The van der Waals surface area contributed by atoms with Gasteiger partial charge in [-0.1, -0.05) is 48.5 Å². The quantitative estimate of drug-likeness (QED) is 0.912. The van der Waals surface area contributed by atoms with Gasteiger partial charge in [0.25, 0.3) is 0 Å². The summed E-state index contributed by atoms with van der Waals surface area (Å²) in [5.41, 5.74) is 5.85. The summed E-state index contributed by atoms with van der Waals surface area (Å²) in [6.07, 6.45) is 2.67. The number of hydrogen-bond donors (Lipinski definition) is 1. The highest BCUT2D eigenvalue weighted by molar-refractivity contribution is 5.85. The molecule has 4 rings (SSSR count). The van der Waals surface area contributed by atoms with Crippen LogP contribution in [0.3, 0.4) is 0 Å². The molecule has 3 heteroatoms. The van der Waals surface area contributed by atoms with Crippen LogP contribution in [-0.4, -0.2) is 31.6 Å². The molecule has 2 aromatic rings. The molecule has 0 saturated carbocycles. The van der Waals surface area contributed by atoms with Crippen LogP contribution >= 0.6 is 12.4 Å². The highest BCUT2D eigenvalue weighted by Gasteiger charge is 2.34. The van der Waals surface area contributed by atoms with Gasteiger partial charge >= 0.3 is 0 Å². The highest BCUT2D eigenvalue weighted by Crippen LogP contribution is 2.46. The zero-order chi connectivity index (χ0) is 14.9. The van der Waals surface area contributed by atoms with Gasteiger partial charge in [-0.2, -0.15) is 0 Å². The van der Waals surface area contributed by atoms with Gasteiger partial charge < -0.3 is 5.32 Å². The Bertz CT molecular complexity index is 623. The van der Waals surface area contributed by atoms with Crippen molar-refractivity contribution in [1.29, 1.82) is 0 Å². The van der Waals surface area contributed by atoms with E-state index in [9.17, 15) is 0 Å². The van der Waals surface area contributed by atoms with Crippen molar-refractivity contribution in [2.24, 2.45) is 5.92 Å². The third-order valence-electron chi connectivity index (χ3n) is 5.21. The smallest absolute Gasteiger partial charge is 0.0614 e. The first-order chi connectivity index (χ1) is 10.9. The van der Waals surface area contributed by atoms with Crippen LogP contribution in [0.15, 0.2) is 48.5 Å². The van der Waals surface area contributed by atoms with Gasteiger partial charge in [-0.3, -0.25) is 4.90 Å². The van der Waals surface area contributed by atoms with Gasteiger partial charge in [0.15, 0.2) is 0 Å². The number of fused-ring (bicyclic) bond motifs is 3. The van der Waals surface area contributed by atoms with Crippen LogP contribution in [0.25, 0.3) is 11.1 Å². The van der Waals surface area contributed by atoms with E-state index >= 15 is 0 Å². The molecule has 1 aliphatic heterocycles. The molecule has 2 nitrogen and oxygen atoms in total. The average molecular weight is 329 g/mol. The lowest BCUT2D eigenvalue weighted by Gasteiger charge is -2.37. The second-order valence-corrected chi connectivity index (χ2v) is 6.64. The van der Waals surface area contributed by atoms with Crippen molar-refractivity contribution in [3.05, 3.63) is 59.7 Å². The third-order valence-corrected chi connectivity index (χ3v) is 5.21. The lowest BCUT2D eigenvalue weighted by molar-refractivity contribution is 0.143. The van der Waals surface area contributed by atoms with Gasteiger partial charge in [0.2, 0.25) is 0 Å². The van der Waals surface area contributed by atoms with Crippen LogP contribution in [0.2, 0.25) is 0 Å². The molecule has 1 atom stereocenters. The van der Waals surface area contributed by atoms with Crippen molar-refractivity contribution < 1.29 is 0 Å². The predicted octanol–water partition coefficient (Wildman–Crippen LogP) is 4.11. The summed E-state index contributed by atoms with van der Waals surface area (Å²) in [5, 5.41) is 3.36. The van der Waals surface area contributed by atoms with Crippen LogP contribution in [0, 0.1) is 5.92 Å². The van der Waals surface area contributed by atoms with E-state index in [1.165, 1.54) is 48.2 Å². The lowest BCUT2D eigenvalue weighted by Crippen LogP contribution is -2.41. The third kappa shape index (κ3) is 2.91. The number of nitrogens with one attached hydrogen (secondary N) is 1. The van der Waals surface area contributed by atoms with Crippen molar-refractivity contribution in [2.45, 2.75) is 18.9 Å². The van der Waals surface area contributed by atoms with Crippen LogP contribution < -0.4 is 5.32 Å². The second kappa shape index (κ2) is 7.04. The standard InChI is InChI=1S/C20H24N2.ClH/c1-21-13-15-7-6-12-22(14-15)20-18-10-4-2-8-16(18)17-9-3-5-11-19(17)20;/h2-5,8-11,15,20-21H,6-7,12-14H2,1H3;1H. The number of halogens is 1. The first-order valence-corrected chi connectivity index (χ1v) is 8.45. The van der Waals surface area contributed by atoms with Crippen LogP contribution in [0.5, 0.6) is 0 Å². The van der Waals surface area contributed by atoms with E-state index in [2.05, 4.69) is 65.8 Å². The molecular formula is C20H25ClN2. The topological polar surface area (TPSA) is 15.3 Å². The number of rotatable bonds is 3. The Balaban J connectivity index is 0.00000156. The largest absolute Gasteiger partial charge is 0.319 e. The molecule has 1 N–H and O–H groups in total. The molecule has 0 radical (unpaired) electrons. The minimum atomic E-state index is 0. The second-order valence-electron chi connectivity index (χ2n) is 6.64. The highest BCUT2D eigenvalue weighted by atomic mass is 35.5. The van der Waals surface area contributed by atoms with E-state index in [0.717, 1.165) is 12.5 Å². The van der Waals surface area contributed by atoms with E-state index in [0.29, 0.717) is 6.04 Å². The Kier molecular flexibility index (Phi) is 5.05. The maximum absolute atomic E-state index is 3.36.